The van der Waals surface area contributed by atoms with Gasteiger partial charge in [0, 0.05) is 30.8 Å². The maximum absolute atomic E-state index is 16.7. The Hall–Kier alpha value is -7.34. The van der Waals surface area contributed by atoms with Crippen molar-refractivity contribution in [2.24, 2.45) is 5.92 Å². The van der Waals surface area contributed by atoms with Gasteiger partial charge in [-0.1, -0.05) is 117 Å². The first-order chi connectivity index (χ1) is 34.5. The number of nitro benzene ring substituents is 1. The largest absolute Gasteiger partial charge is 0.508 e. The number of carbonyl (C=O) groups is 4. The SMILES string of the molecule is O=C1OC(c2ccccc2)C(c2ccccc2)N2C1C(C(=O)N1CCCCCCC1)C1(C(=O)N(C(=O)OCc3ccc([N+](=O)[O-])cc3)c3ccc(C#CC4(O)CCCCCC4)cc31)C2c1ccc(O)cc1. The highest BCUT2D eigenvalue weighted by molar-refractivity contribution is 6.23. The number of aromatic hydroxyl groups is 1. The van der Waals surface area contributed by atoms with E-state index in [0.29, 0.717) is 61.0 Å². The van der Waals surface area contributed by atoms with E-state index in [0.717, 1.165) is 55.4 Å². The maximum atomic E-state index is 16.7. The number of rotatable bonds is 7. The molecule has 6 unspecified atom stereocenters. The lowest BCUT2D eigenvalue weighted by Crippen LogP contribution is -2.56. The Bertz CT molecular complexity index is 2870. The number of nitrogens with zero attached hydrogens (tertiary/aromatic N) is 4. The second-order valence-corrected chi connectivity index (χ2v) is 19.5. The van der Waals surface area contributed by atoms with Crippen molar-refractivity contribution in [3.63, 3.8) is 0 Å². The van der Waals surface area contributed by atoms with Crippen molar-refractivity contribution in [1.82, 2.24) is 9.80 Å². The number of benzene rings is 5. The Morgan fingerprint density at radius 3 is 2.01 bits per heavy atom. The third-order valence-corrected chi connectivity index (χ3v) is 15.2. The van der Waals surface area contributed by atoms with Crippen molar-refractivity contribution in [3.8, 4) is 17.6 Å². The van der Waals surface area contributed by atoms with E-state index < -0.39 is 70.0 Å². The maximum Gasteiger partial charge on any atom is 0.421 e. The monoisotopic (exact) mass is 956 g/mol. The fourth-order valence-corrected chi connectivity index (χ4v) is 11.8. The number of morpholine rings is 1. The smallest absolute Gasteiger partial charge is 0.421 e. The van der Waals surface area contributed by atoms with E-state index in [2.05, 4.69) is 11.8 Å². The van der Waals surface area contributed by atoms with Gasteiger partial charge in [0.25, 0.3) is 5.69 Å². The number of esters is 1. The summed E-state index contributed by atoms with van der Waals surface area (Å²) in [6.45, 7) is 0.425. The Morgan fingerprint density at radius 1 is 0.746 bits per heavy atom. The average Bonchev–Trinajstić information content (AvgIpc) is 3.71. The van der Waals surface area contributed by atoms with Crippen LogP contribution in [0, 0.1) is 27.9 Å². The second kappa shape index (κ2) is 19.8. The van der Waals surface area contributed by atoms with Crippen molar-refractivity contribution in [1.29, 1.82) is 0 Å². The van der Waals surface area contributed by atoms with Gasteiger partial charge in [-0.3, -0.25) is 29.4 Å². The number of phenols is 1. The average molecular weight is 957 g/mol. The molecule has 3 amide bonds. The molecule has 4 aliphatic heterocycles. The summed E-state index contributed by atoms with van der Waals surface area (Å²) in [6, 6.07) is 32.4. The Kier molecular flexibility index (Phi) is 13.2. The van der Waals surface area contributed by atoms with Crippen molar-refractivity contribution in [2.45, 2.75) is 112 Å². The lowest BCUT2D eigenvalue weighted by atomic mass is 9.64. The predicted octanol–water partition coefficient (Wildman–Crippen LogP) is 9.53. The lowest BCUT2D eigenvalue weighted by molar-refractivity contribution is -0.384. The number of non-ortho nitro benzene ring substituents is 1. The number of phenolic OH excluding ortho intramolecular Hbond substituents is 1. The number of hydrogen-bond acceptors (Lipinski definition) is 11. The lowest BCUT2D eigenvalue weighted by Gasteiger charge is -2.46. The van der Waals surface area contributed by atoms with Crippen molar-refractivity contribution < 1.29 is 43.8 Å². The number of imide groups is 1. The molecule has 4 fully saturated rings. The summed E-state index contributed by atoms with van der Waals surface area (Å²) in [7, 11) is 0. The van der Waals surface area contributed by atoms with E-state index in [-0.39, 0.29) is 29.3 Å². The van der Waals surface area contributed by atoms with Crippen LogP contribution in [0.4, 0.5) is 16.2 Å². The number of aliphatic hydroxyl groups is 1. The minimum absolute atomic E-state index is 0.0472. The molecule has 5 aromatic rings. The van der Waals surface area contributed by atoms with Gasteiger partial charge < -0.3 is 24.6 Å². The van der Waals surface area contributed by atoms with Crippen LogP contribution in [-0.2, 0) is 35.9 Å². The number of anilines is 1. The third kappa shape index (κ3) is 8.82. The van der Waals surface area contributed by atoms with E-state index >= 15 is 14.4 Å². The molecule has 14 nitrogen and oxygen atoms in total. The normalized spacial score (nSPS) is 25.1. The van der Waals surface area contributed by atoms with E-state index in [9.17, 15) is 25.1 Å². The van der Waals surface area contributed by atoms with Gasteiger partial charge in [-0.05, 0) is 109 Å². The number of likely N-dealkylation sites (tertiary alicyclic amines) is 1. The first kappa shape index (κ1) is 47.3. The molecule has 1 spiro atoms. The van der Waals surface area contributed by atoms with Crippen LogP contribution in [0.1, 0.15) is 122 Å². The van der Waals surface area contributed by atoms with E-state index in [1.807, 2.05) is 65.6 Å². The van der Waals surface area contributed by atoms with Gasteiger partial charge in [0.15, 0.2) is 0 Å². The van der Waals surface area contributed by atoms with Crippen LogP contribution in [0.15, 0.2) is 127 Å². The third-order valence-electron chi connectivity index (χ3n) is 15.2. The van der Waals surface area contributed by atoms with Gasteiger partial charge in [0.2, 0.25) is 11.8 Å². The molecule has 364 valence electrons. The van der Waals surface area contributed by atoms with E-state index in [4.69, 9.17) is 9.47 Å². The Labute approximate surface area is 412 Å². The number of nitro groups is 1. The zero-order valence-electron chi connectivity index (χ0n) is 39.4. The minimum atomic E-state index is -2.06. The molecule has 0 aromatic heterocycles. The fraction of sp³-hybridized carbons (Fsp3) is 0.368. The van der Waals surface area contributed by atoms with Crippen LogP contribution >= 0.6 is 0 Å². The number of amides is 3. The highest BCUT2D eigenvalue weighted by Crippen LogP contribution is 2.66. The summed E-state index contributed by atoms with van der Waals surface area (Å²) in [5.74, 6) is 2.91. The van der Waals surface area contributed by atoms with Crippen LogP contribution < -0.4 is 4.90 Å². The van der Waals surface area contributed by atoms with E-state index in [1.165, 1.54) is 36.4 Å². The van der Waals surface area contributed by atoms with Crippen LogP contribution in [0.3, 0.4) is 0 Å². The highest BCUT2D eigenvalue weighted by atomic mass is 16.6. The summed E-state index contributed by atoms with van der Waals surface area (Å²) >= 11 is 0. The molecule has 0 radical (unpaired) electrons. The molecule has 2 N–H and O–H groups in total. The van der Waals surface area contributed by atoms with Crippen LogP contribution in [0.25, 0.3) is 0 Å². The number of fused-ring (bicyclic) bond motifs is 3. The van der Waals surface area contributed by atoms with Crippen LogP contribution in [0.5, 0.6) is 5.75 Å². The molecule has 5 aliphatic rings. The molecule has 71 heavy (non-hydrogen) atoms. The minimum Gasteiger partial charge on any atom is -0.508 e. The molecule has 3 saturated heterocycles. The van der Waals surface area contributed by atoms with Crippen molar-refractivity contribution >= 4 is 35.3 Å². The van der Waals surface area contributed by atoms with Gasteiger partial charge >= 0.3 is 12.1 Å². The van der Waals surface area contributed by atoms with E-state index in [1.54, 1.807) is 35.2 Å². The number of hydrogen-bond donors (Lipinski definition) is 2. The van der Waals surface area contributed by atoms with Crippen LogP contribution in [-0.4, -0.2) is 73.5 Å². The zero-order chi connectivity index (χ0) is 49.3. The Balaban J connectivity index is 1.23. The molecule has 0 bridgehead atoms. The summed E-state index contributed by atoms with van der Waals surface area (Å²) in [6.07, 6.45) is 6.86. The molecule has 1 saturated carbocycles. The molecule has 5 aromatic carbocycles. The molecular formula is C57H56N4O10. The number of cyclic esters (lactones) is 1. The van der Waals surface area contributed by atoms with Crippen molar-refractivity contribution in [2.75, 3.05) is 18.0 Å². The molecule has 14 heteroatoms. The first-order valence-electron chi connectivity index (χ1n) is 24.8. The molecular weight excluding hydrogens is 901 g/mol. The number of carbonyl (C=O) groups excluding carboxylic acids is 4. The fourth-order valence-electron chi connectivity index (χ4n) is 11.8. The number of ether oxygens (including phenoxy) is 2. The van der Waals surface area contributed by atoms with Gasteiger partial charge in [-0.2, -0.15) is 0 Å². The van der Waals surface area contributed by atoms with Gasteiger partial charge in [0.1, 0.15) is 35.5 Å². The summed E-state index contributed by atoms with van der Waals surface area (Å²) < 4.78 is 12.6. The van der Waals surface area contributed by atoms with Gasteiger partial charge in [-0.15, -0.1) is 0 Å². The standard InChI is InChI=1S/C57H56N4O10/c62-44-27-23-42(24-28-44)51-57(47(52(63)58-34-14-4-1-5-15-35-58)49-53(64)71-50(41-18-10-7-11-19-41)48(60(49)51)40-16-8-6-9-17-40)45-36-38(30-33-56(67)31-12-2-3-13-32-56)22-29-46(45)59(54(57)65)55(66)70-37-39-20-25-43(26-21-39)61(68)69/h6-11,16-29,36,47-51,62,67H,1-5,12-15,31-32,34-35,37H2. The molecule has 4 heterocycles. The molecule has 6 atom stereocenters. The summed E-state index contributed by atoms with van der Waals surface area (Å²) in [5.41, 5.74) is -0.283. The molecule has 1 aliphatic carbocycles. The quantitative estimate of drug-likeness (QED) is 0.0522. The van der Waals surface area contributed by atoms with Crippen molar-refractivity contribution in [3.05, 3.63) is 171 Å². The first-order valence-corrected chi connectivity index (χ1v) is 24.8. The topological polar surface area (TPSA) is 180 Å². The van der Waals surface area contributed by atoms with Gasteiger partial charge in [0.05, 0.1) is 28.6 Å². The summed E-state index contributed by atoms with van der Waals surface area (Å²) in [5, 5.41) is 34.0. The van der Waals surface area contributed by atoms with Crippen LogP contribution in [0.2, 0.25) is 0 Å². The predicted molar refractivity (Wildman–Crippen MR) is 263 cm³/mol. The zero-order valence-corrected chi connectivity index (χ0v) is 39.4. The van der Waals surface area contributed by atoms with Gasteiger partial charge in [-0.25, -0.2) is 9.69 Å². The molecule has 10 rings (SSSR count). The summed E-state index contributed by atoms with van der Waals surface area (Å²) in [4.78, 5) is 78.9. The second-order valence-electron chi connectivity index (χ2n) is 19.5. The Morgan fingerprint density at radius 2 is 1.37 bits per heavy atom. The highest BCUT2D eigenvalue weighted by Gasteiger charge is 2.76.